The van der Waals surface area contributed by atoms with Gasteiger partial charge in [-0.15, -0.1) is 0 Å². The number of sulfonamides is 1. The number of aromatic nitrogens is 1. The molecule has 0 bridgehead atoms. The van der Waals surface area contributed by atoms with Gasteiger partial charge in [-0.25, -0.2) is 22.9 Å². The minimum absolute atomic E-state index is 0.259. The summed E-state index contributed by atoms with van der Waals surface area (Å²) in [7, 11) is -3.28. The number of urea groups is 1. The van der Waals surface area contributed by atoms with E-state index < -0.39 is 10.0 Å². The van der Waals surface area contributed by atoms with Gasteiger partial charge in [-0.3, -0.25) is 0 Å². The molecule has 0 saturated carbocycles. The van der Waals surface area contributed by atoms with E-state index in [4.69, 9.17) is 4.74 Å². The lowest BCUT2D eigenvalue weighted by molar-refractivity contribution is 0.190. The molecule has 2 amide bonds. The van der Waals surface area contributed by atoms with E-state index in [-0.39, 0.29) is 12.1 Å². The zero-order valence-electron chi connectivity index (χ0n) is 13.3. The molecular formula is C14H22N4O4S. The van der Waals surface area contributed by atoms with Crippen LogP contribution in [0.1, 0.15) is 19.8 Å². The number of hydrogen-bond acceptors (Lipinski definition) is 5. The molecule has 1 atom stereocenters. The molecule has 0 radical (unpaired) electrons. The predicted octanol–water partition coefficient (Wildman–Crippen LogP) is 1.03. The van der Waals surface area contributed by atoms with Gasteiger partial charge in [0.15, 0.2) is 0 Å². The van der Waals surface area contributed by atoms with Crippen LogP contribution in [0.4, 0.5) is 10.5 Å². The number of piperidine rings is 1. The van der Waals surface area contributed by atoms with Crippen molar-refractivity contribution >= 4 is 21.7 Å². The maximum atomic E-state index is 12.4. The molecule has 1 saturated heterocycles. The van der Waals surface area contributed by atoms with E-state index in [0.717, 1.165) is 12.7 Å². The minimum Gasteiger partial charge on any atom is -0.476 e. The van der Waals surface area contributed by atoms with Crippen molar-refractivity contribution in [3.8, 4) is 5.88 Å². The lowest BCUT2D eigenvalue weighted by atomic mass is 10.1. The van der Waals surface area contributed by atoms with Crippen LogP contribution in [-0.4, -0.2) is 56.3 Å². The molecular weight excluding hydrogens is 320 g/mol. The van der Waals surface area contributed by atoms with E-state index in [0.29, 0.717) is 37.7 Å². The highest BCUT2D eigenvalue weighted by molar-refractivity contribution is 7.88. The van der Waals surface area contributed by atoms with Crippen LogP contribution in [-0.2, 0) is 10.0 Å². The van der Waals surface area contributed by atoms with Crippen molar-refractivity contribution in [3.05, 3.63) is 18.3 Å². The van der Waals surface area contributed by atoms with E-state index in [1.54, 1.807) is 23.2 Å². The SMILES string of the molecule is CCOc1ncccc1NC(=O)N1CCC[C@H](NS(C)(=O)=O)C1. The smallest absolute Gasteiger partial charge is 0.322 e. The Labute approximate surface area is 136 Å². The number of hydrogen-bond donors (Lipinski definition) is 2. The topological polar surface area (TPSA) is 101 Å². The molecule has 0 aromatic carbocycles. The van der Waals surface area contributed by atoms with Gasteiger partial charge in [0.25, 0.3) is 0 Å². The molecule has 0 unspecified atom stereocenters. The Hall–Kier alpha value is -1.87. The van der Waals surface area contributed by atoms with Crippen molar-refractivity contribution in [1.82, 2.24) is 14.6 Å². The Kier molecular flexibility index (Phi) is 5.78. The number of anilines is 1. The number of carbonyl (C=O) groups excluding carboxylic acids is 1. The fourth-order valence-corrected chi connectivity index (χ4v) is 3.29. The Bertz CT molecular complexity index is 650. The van der Waals surface area contributed by atoms with E-state index in [9.17, 15) is 13.2 Å². The molecule has 23 heavy (non-hydrogen) atoms. The van der Waals surface area contributed by atoms with Crippen LogP contribution in [0.3, 0.4) is 0 Å². The molecule has 1 aromatic rings. The molecule has 1 aliphatic heterocycles. The third kappa shape index (κ3) is 5.36. The van der Waals surface area contributed by atoms with Gasteiger partial charge in [-0.05, 0) is 31.9 Å². The summed E-state index contributed by atoms with van der Waals surface area (Å²) >= 11 is 0. The highest BCUT2D eigenvalue weighted by Crippen LogP contribution is 2.21. The fourth-order valence-electron chi connectivity index (χ4n) is 2.49. The van der Waals surface area contributed by atoms with Crippen molar-refractivity contribution in [1.29, 1.82) is 0 Å². The van der Waals surface area contributed by atoms with E-state index in [1.165, 1.54) is 0 Å². The van der Waals surface area contributed by atoms with Gasteiger partial charge in [0.1, 0.15) is 5.69 Å². The summed E-state index contributed by atoms with van der Waals surface area (Å²) in [6.07, 6.45) is 4.17. The maximum absolute atomic E-state index is 12.4. The van der Waals surface area contributed by atoms with E-state index in [1.807, 2.05) is 6.92 Å². The average Bonchev–Trinajstić information content (AvgIpc) is 2.48. The van der Waals surface area contributed by atoms with Crippen molar-refractivity contribution in [2.24, 2.45) is 0 Å². The first-order chi connectivity index (χ1) is 10.9. The molecule has 1 fully saturated rings. The van der Waals surface area contributed by atoms with Crippen molar-refractivity contribution in [2.45, 2.75) is 25.8 Å². The minimum atomic E-state index is -3.28. The quantitative estimate of drug-likeness (QED) is 0.832. The zero-order chi connectivity index (χ0) is 16.9. The number of amides is 2. The third-order valence-corrected chi connectivity index (χ3v) is 4.14. The highest BCUT2D eigenvalue weighted by atomic mass is 32.2. The van der Waals surface area contributed by atoms with Crippen LogP contribution in [0, 0.1) is 0 Å². The van der Waals surface area contributed by atoms with Crippen molar-refractivity contribution in [2.75, 3.05) is 31.3 Å². The van der Waals surface area contributed by atoms with Gasteiger partial charge >= 0.3 is 6.03 Å². The normalized spacial score (nSPS) is 18.5. The lowest BCUT2D eigenvalue weighted by Crippen LogP contribution is -2.50. The molecule has 2 heterocycles. The number of rotatable bonds is 5. The third-order valence-electron chi connectivity index (χ3n) is 3.38. The molecule has 2 N–H and O–H groups in total. The molecule has 2 rings (SSSR count). The van der Waals surface area contributed by atoms with Crippen molar-refractivity contribution in [3.63, 3.8) is 0 Å². The summed E-state index contributed by atoms with van der Waals surface area (Å²) in [5.41, 5.74) is 0.498. The first kappa shape index (κ1) is 17.5. The molecule has 1 aliphatic rings. The summed E-state index contributed by atoms with van der Waals surface area (Å²) in [5, 5.41) is 2.77. The molecule has 128 valence electrons. The molecule has 1 aromatic heterocycles. The number of ether oxygens (including phenoxy) is 1. The number of nitrogens with one attached hydrogen (secondary N) is 2. The number of nitrogens with zero attached hydrogens (tertiary/aromatic N) is 2. The van der Waals surface area contributed by atoms with Crippen LogP contribution in [0.15, 0.2) is 18.3 Å². The summed E-state index contributed by atoms with van der Waals surface area (Å²) in [6.45, 7) is 3.21. The van der Waals surface area contributed by atoms with Crippen LogP contribution in [0.2, 0.25) is 0 Å². The molecule has 0 spiro atoms. The molecule has 9 heteroatoms. The Morgan fingerprint density at radius 2 is 2.30 bits per heavy atom. The number of likely N-dealkylation sites (tertiary alicyclic amines) is 1. The van der Waals surface area contributed by atoms with E-state index in [2.05, 4.69) is 15.0 Å². The number of carbonyl (C=O) groups is 1. The van der Waals surface area contributed by atoms with E-state index >= 15 is 0 Å². The van der Waals surface area contributed by atoms with Gasteiger partial charge in [-0.1, -0.05) is 0 Å². The van der Waals surface area contributed by atoms with Gasteiger partial charge in [-0.2, -0.15) is 0 Å². The highest BCUT2D eigenvalue weighted by Gasteiger charge is 2.26. The fraction of sp³-hybridized carbons (Fsp3) is 0.571. The lowest BCUT2D eigenvalue weighted by Gasteiger charge is -2.32. The Morgan fingerprint density at radius 1 is 1.52 bits per heavy atom. The first-order valence-electron chi connectivity index (χ1n) is 7.50. The second kappa shape index (κ2) is 7.60. The van der Waals surface area contributed by atoms with Crippen LogP contribution >= 0.6 is 0 Å². The predicted molar refractivity (Wildman–Crippen MR) is 87.0 cm³/mol. The second-order valence-corrected chi connectivity index (χ2v) is 7.17. The summed E-state index contributed by atoms with van der Waals surface area (Å²) in [4.78, 5) is 18.1. The van der Waals surface area contributed by atoms with Gasteiger partial charge in [0.2, 0.25) is 15.9 Å². The zero-order valence-corrected chi connectivity index (χ0v) is 14.1. The number of pyridine rings is 1. The average molecular weight is 342 g/mol. The van der Waals surface area contributed by atoms with Gasteiger partial charge in [0.05, 0.1) is 12.9 Å². The van der Waals surface area contributed by atoms with Crippen LogP contribution in [0.25, 0.3) is 0 Å². The first-order valence-corrected chi connectivity index (χ1v) is 9.39. The largest absolute Gasteiger partial charge is 0.476 e. The molecule has 8 nitrogen and oxygen atoms in total. The van der Waals surface area contributed by atoms with Crippen molar-refractivity contribution < 1.29 is 17.9 Å². The summed E-state index contributed by atoms with van der Waals surface area (Å²) < 4.78 is 30.6. The Balaban J connectivity index is 2.00. The monoisotopic (exact) mass is 342 g/mol. The molecule has 0 aliphatic carbocycles. The maximum Gasteiger partial charge on any atom is 0.322 e. The van der Waals surface area contributed by atoms with Crippen LogP contribution < -0.4 is 14.8 Å². The van der Waals surface area contributed by atoms with Crippen LogP contribution in [0.5, 0.6) is 5.88 Å². The summed E-state index contributed by atoms with van der Waals surface area (Å²) in [5.74, 6) is 0.367. The summed E-state index contributed by atoms with van der Waals surface area (Å²) in [6, 6.07) is 2.87. The Morgan fingerprint density at radius 3 is 3.00 bits per heavy atom. The van der Waals surface area contributed by atoms with Gasteiger partial charge < -0.3 is 15.0 Å². The second-order valence-electron chi connectivity index (χ2n) is 5.39. The van der Waals surface area contributed by atoms with Gasteiger partial charge in [0, 0.05) is 25.3 Å². The standard InChI is InChI=1S/C14H22N4O4S/c1-3-22-13-12(7-4-8-15-13)16-14(19)18-9-5-6-11(10-18)17-23(2,20)21/h4,7-8,11,17H,3,5-6,9-10H2,1-2H3,(H,16,19)/t11-/m0/s1.